The second-order valence-corrected chi connectivity index (χ2v) is 9.63. The molecule has 2 saturated carbocycles. The van der Waals surface area contributed by atoms with Gasteiger partial charge in [-0.15, -0.1) is 0 Å². The third-order valence-electron chi connectivity index (χ3n) is 5.71. The maximum atomic E-state index is 12.6. The maximum Gasteiger partial charge on any atom is 0.254 e. The van der Waals surface area contributed by atoms with E-state index in [1.807, 2.05) is 6.08 Å². The summed E-state index contributed by atoms with van der Waals surface area (Å²) in [7, 11) is -3.61. The molecule has 23 heavy (non-hydrogen) atoms. The molecule has 2 aliphatic carbocycles. The van der Waals surface area contributed by atoms with Crippen molar-refractivity contribution in [3.05, 3.63) is 12.2 Å². The predicted octanol–water partition coefficient (Wildman–Crippen LogP) is 2.37. The molecule has 1 aliphatic heterocycles. The molecule has 0 bridgehead atoms. The van der Waals surface area contributed by atoms with Gasteiger partial charge in [0.2, 0.25) is 10.0 Å². The Balaban J connectivity index is 1.71. The van der Waals surface area contributed by atoms with Crippen molar-refractivity contribution in [1.82, 2.24) is 4.72 Å². The first-order chi connectivity index (χ1) is 10.9. The van der Waals surface area contributed by atoms with Crippen molar-refractivity contribution in [2.24, 2.45) is 11.7 Å². The Morgan fingerprint density at radius 3 is 2.39 bits per heavy atom. The highest BCUT2D eigenvalue weighted by Gasteiger charge is 2.60. The molecule has 2 fully saturated rings. The van der Waals surface area contributed by atoms with Gasteiger partial charge in [0.15, 0.2) is 0 Å². The third-order valence-corrected chi connectivity index (χ3v) is 7.91. The van der Waals surface area contributed by atoms with Crippen LogP contribution in [0.2, 0.25) is 0 Å². The van der Waals surface area contributed by atoms with Crippen LogP contribution >= 0.6 is 0 Å². The topological polar surface area (TPSA) is 89.3 Å². The standard InChI is InChI=1S/C17H28N2O3S/c18-17-13-14(17)9-7-5-3-1-2-4-6-8-10-16(11-12-16)23(21,22)19-15(17)20/h7,9,14H,1-6,8,10-13,18H2,(H,19,20)/t14-,17-/m1/s1. The molecule has 3 N–H and O–H groups in total. The van der Waals surface area contributed by atoms with Crippen LogP contribution in [0.25, 0.3) is 0 Å². The van der Waals surface area contributed by atoms with Gasteiger partial charge in [-0.25, -0.2) is 8.42 Å². The van der Waals surface area contributed by atoms with Crippen LogP contribution in [0, 0.1) is 5.92 Å². The lowest BCUT2D eigenvalue weighted by molar-refractivity contribution is -0.121. The van der Waals surface area contributed by atoms with E-state index in [9.17, 15) is 13.2 Å². The zero-order valence-electron chi connectivity index (χ0n) is 13.7. The smallest absolute Gasteiger partial charge is 0.254 e. The Hall–Kier alpha value is -0.880. The summed E-state index contributed by atoms with van der Waals surface area (Å²) in [5.41, 5.74) is 5.07. The molecule has 130 valence electrons. The van der Waals surface area contributed by atoms with Gasteiger partial charge in [0, 0.05) is 5.92 Å². The zero-order valence-corrected chi connectivity index (χ0v) is 14.5. The highest BCUT2D eigenvalue weighted by Crippen LogP contribution is 2.48. The number of fused-ring (bicyclic) bond motifs is 1. The summed E-state index contributed by atoms with van der Waals surface area (Å²) in [6.07, 6.45) is 14.4. The maximum absolute atomic E-state index is 12.6. The van der Waals surface area contributed by atoms with Gasteiger partial charge in [0.05, 0.1) is 4.75 Å². The van der Waals surface area contributed by atoms with E-state index in [1.165, 1.54) is 25.7 Å². The van der Waals surface area contributed by atoms with Gasteiger partial charge in [0.25, 0.3) is 5.91 Å². The Morgan fingerprint density at radius 2 is 1.70 bits per heavy atom. The van der Waals surface area contributed by atoms with Crippen LogP contribution in [0.15, 0.2) is 12.2 Å². The molecule has 0 unspecified atom stereocenters. The molecule has 1 spiro atoms. The van der Waals surface area contributed by atoms with Crippen molar-refractivity contribution in [1.29, 1.82) is 0 Å². The minimum atomic E-state index is -3.61. The van der Waals surface area contributed by atoms with Crippen molar-refractivity contribution in [2.45, 2.75) is 80.9 Å². The van der Waals surface area contributed by atoms with Crippen LogP contribution in [0.4, 0.5) is 0 Å². The number of carbonyl (C=O) groups excluding carboxylic acids is 1. The lowest BCUT2D eigenvalue weighted by atomic mass is 10.1. The molecule has 0 aromatic carbocycles. The van der Waals surface area contributed by atoms with Crippen molar-refractivity contribution in [2.75, 3.05) is 0 Å². The van der Waals surface area contributed by atoms with Gasteiger partial charge in [-0.05, 0) is 38.5 Å². The first kappa shape index (κ1) is 17.0. The molecule has 0 aromatic rings. The van der Waals surface area contributed by atoms with Crippen molar-refractivity contribution < 1.29 is 13.2 Å². The van der Waals surface area contributed by atoms with Gasteiger partial charge < -0.3 is 5.73 Å². The van der Waals surface area contributed by atoms with Gasteiger partial charge in [-0.2, -0.15) is 0 Å². The fraction of sp³-hybridized carbons (Fsp3) is 0.824. The van der Waals surface area contributed by atoms with Gasteiger partial charge in [0.1, 0.15) is 5.54 Å². The molecule has 1 amide bonds. The number of hydrogen-bond acceptors (Lipinski definition) is 4. The first-order valence-electron chi connectivity index (χ1n) is 8.92. The van der Waals surface area contributed by atoms with Gasteiger partial charge in [-0.1, -0.05) is 44.3 Å². The Labute approximate surface area is 139 Å². The number of rotatable bonds is 0. The van der Waals surface area contributed by atoms with Crippen LogP contribution in [-0.2, 0) is 14.8 Å². The average Bonchev–Trinajstić information content (AvgIpc) is 3.38. The van der Waals surface area contributed by atoms with E-state index in [0.29, 0.717) is 25.7 Å². The molecule has 6 heteroatoms. The SMILES string of the molecule is N[C@]12C[C@H]1C=CCCCCCCCCC1(CC1)S(=O)(=O)NC2=O. The zero-order chi connectivity index (χ0) is 16.6. The predicted molar refractivity (Wildman–Crippen MR) is 90.1 cm³/mol. The van der Waals surface area contributed by atoms with Gasteiger partial charge in [-0.3, -0.25) is 9.52 Å². The Kier molecular flexibility index (Phi) is 4.58. The lowest BCUT2D eigenvalue weighted by Gasteiger charge is -2.19. The number of carbonyl (C=O) groups is 1. The highest BCUT2D eigenvalue weighted by molar-refractivity contribution is 7.91. The van der Waals surface area contributed by atoms with E-state index >= 15 is 0 Å². The fourth-order valence-corrected chi connectivity index (χ4v) is 5.30. The summed E-state index contributed by atoms with van der Waals surface area (Å²) in [6, 6.07) is 0. The van der Waals surface area contributed by atoms with Crippen LogP contribution in [-0.4, -0.2) is 24.6 Å². The minimum absolute atomic E-state index is 0.0271. The largest absolute Gasteiger partial charge is 0.317 e. The second kappa shape index (κ2) is 6.20. The van der Waals surface area contributed by atoms with E-state index in [4.69, 9.17) is 5.73 Å². The van der Waals surface area contributed by atoms with Gasteiger partial charge >= 0.3 is 0 Å². The number of nitrogens with two attached hydrogens (primary N) is 1. The van der Waals surface area contributed by atoms with Crippen molar-refractivity contribution >= 4 is 15.9 Å². The summed E-state index contributed by atoms with van der Waals surface area (Å²) in [6.45, 7) is 0. The summed E-state index contributed by atoms with van der Waals surface area (Å²) in [5, 5.41) is 0. The molecular formula is C17H28N2O3S. The molecule has 0 aromatic heterocycles. The van der Waals surface area contributed by atoms with Crippen LogP contribution < -0.4 is 10.5 Å². The number of sulfonamides is 1. The molecule has 5 nitrogen and oxygen atoms in total. The Bertz CT molecular complexity index is 595. The summed E-state index contributed by atoms with van der Waals surface area (Å²) >= 11 is 0. The quantitative estimate of drug-likeness (QED) is 0.663. The Morgan fingerprint density at radius 1 is 1.04 bits per heavy atom. The van der Waals surface area contributed by atoms with Crippen LogP contribution in [0.5, 0.6) is 0 Å². The molecular weight excluding hydrogens is 312 g/mol. The van der Waals surface area contributed by atoms with E-state index in [1.54, 1.807) is 0 Å². The molecule has 1 heterocycles. The number of hydrogen-bond donors (Lipinski definition) is 2. The van der Waals surface area contributed by atoms with Crippen molar-refractivity contribution in [3.8, 4) is 0 Å². The molecule has 0 radical (unpaired) electrons. The van der Waals surface area contributed by atoms with Crippen molar-refractivity contribution in [3.63, 3.8) is 0 Å². The minimum Gasteiger partial charge on any atom is -0.317 e. The molecule has 3 rings (SSSR count). The lowest BCUT2D eigenvalue weighted by Crippen LogP contribution is -2.49. The summed E-state index contributed by atoms with van der Waals surface area (Å²) in [4.78, 5) is 12.4. The monoisotopic (exact) mass is 340 g/mol. The summed E-state index contributed by atoms with van der Waals surface area (Å²) in [5.74, 6) is -0.550. The highest BCUT2D eigenvalue weighted by atomic mass is 32.2. The van der Waals surface area contributed by atoms with E-state index < -0.39 is 26.2 Å². The fourth-order valence-electron chi connectivity index (χ4n) is 3.60. The number of amides is 1. The molecule has 2 atom stereocenters. The first-order valence-corrected chi connectivity index (χ1v) is 10.4. The molecule has 0 saturated heterocycles. The summed E-state index contributed by atoms with van der Waals surface area (Å²) < 4.78 is 26.8. The normalized spacial score (nSPS) is 36.9. The third kappa shape index (κ3) is 3.48. The van der Waals surface area contributed by atoms with E-state index in [0.717, 1.165) is 19.3 Å². The molecule has 3 aliphatic rings. The average molecular weight is 340 g/mol. The number of nitrogens with one attached hydrogen (secondary N) is 1. The van der Waals surface area contributed by atoms with Crippen LogP contribution in [0.3, 0.4) is 0 Å². The number of allylic oxidation sites excluding steroid dienone is 1. The van der Waals surface area contributed by atoms with E-state index in [-0.39, 0.29) is 5.92 Å². The van der Waals surface area contributed by atoms with E-state index in [2.05, 4.69) is 10.8 Å². The second-order valence-electron chi connectivity index (χ2n) is 7.56. The van der Waals surface area contributed by atoms with Crippen LogP contribution in [0.1, 0.15) is 70.6 Å².